The van der Waals surface area contributed by atoms with Crippen LogP contribution < -0.4 is 5.73 Å². The number of amides is 2. The fraction of sp³-hybridized carbons (Fsp3) is 0.467. The zero-order chi connectivity index (χ0) is 14.5. The molecule has 0 unspecified atom stereocenters. The number of benzene rings is 1. The van der Waals surface area contributed by atoms with Crippen LogP contribution in [-0.4, -0.2) is 54.8 Å². The van der Waals surface area contributed by atoms with Gasteiger partial charge in [0.1, 0.15) is 6.54 Å². The van der Waals surface area contributed by atoms with E-state index in [1.54, 1.807) is 16.8 Å². The van der Waals surface area contributed by atoms with Gasteiger partial charge in [-0.2, -0.15) is 0 Å². The number of nitrogens with two attached hydrogens (primary N) is 1. The summed E-state index contributed by atoms with van der Waals surface area (Å²) >= 11 is 0. The highest BCUT2D eigenvalue weighted by Crippen LogP contribution is 2.11. The maximum atomic E-state index is 12.4. The molecular weight excluding hydrogens is 254 g/mol. The first-order valence-electron chi connectivity index (χ1n) is 6.94. The summed E-state index contributed by atoms with van der Waals surface area (Å²) in [6.45, 7) is 2.09. The minimum absolute atomic E-state index is 0.00407. The van der Waals surface area contributed by atoms with E-state index < -0.39 is 0 Å². The molecule has 0 aromatic heterocycles. The molecule has 1 aromatic carbocycles. The largest absolute Gasteiger partial charge is 0.344 e. The number of rotatable bonds is 3. The van der Waals surface area contributed by atoms with E-state index in [2.05, 4.69) is 0 Å². The fourth-order valence-electron chi connectivity index (χ4n) is 2.32. The first-order chi connectivity index (χ1) is 9.61. The van der Waals surface area contributed by atoms with Crippen LogP contribution in [0.15, 0.2) is 24.3 Å². The lowest BCUT2D eigenvalue weighted by atomic mass is 10.1. The lowest BCUT2D eigenvalue weighted by Crippen LogP contribution is -2.38. The van der Waals surface area contributed by atoms with E-state index in [0.29, 0.717) is 25.2 Å². The predicted octanol–water partition coefficient (Wildman–Crippen LogP) is 0.492. The Balaban J connectivity index is 2.08. The Morgan fingerprint density at radius 3 is 2.60 bits per heavy atom. The Kier molecular flexibility index (Phi) is 4.74. The first-order valence-corrected chi connectivity index (χ1v) is 6.94. The van der Waals surface area contributed by atoms with Gasteiger partial charge in [0.2, 0.25) is 5.91 Å². The van der Waals surface area contributed by atoms with Crippen LogP contribution in [0.3, 0.4) is 0 Å². The van der Waals surface area contributed by atoms with Crippen LogP contribution in [0.1, 0.15) is 22.3 Å². The summed E-state index contributed by atoms with van der Waals surface area (Å²) in [7, 11) is 1.78. The smallest absolute Gasteiger partial charge is 0.254 e. The van der Waals surface area contributed by atoms with E-state index in [1.165, 1.54) is 0 Å². The number of carbonyl (C=O) groups is 2. The molecule has 1 fully saturated rings. The summed E-state index contributed by atoms with van der Waals surface area (Å²) in [6.07, 6.45) is 1.63. The Morgan fingerprint density at radius 1 is 1.25 bits per heavy atom. The first kappa shape index (κ1) is 14.5. The molecule has 1 aliphatic heterocycles. The monoisotopic (exact) mass is 275 g/mol. The molecular formula is C15H21N3O2. The van der Waals surface area contributed by atoms with Crippen molar-refractivity contribution in [2.24, 2.45) is 5.73 Å². The van der Waals surface area contributed by atoms with Gasteiger partial charge < -0.3 is 15.5 Å². The average molecular weight is 275 g/mol. The molecule has 1 saturated heterocycles. The van der Waals surface area contributed by atoms with Crippen LogP contribution in [0.25, 0.3) is 0 Å². The highest BCUT2D eigenvalue weighted by atomic mass is 16.2. The molecule has 2 amide bonds. The third-order valence-electron chi connectivity index (χ3n) is 3.59. The molecule has 108 valence electrons. The number of nitrogens with zero attached hydrogens (tertiary/aromatic N) is 2. The molecule has 0 atom stereocenters. The Bertz CT molecular complexity index is 484. The van der Waals surface area contributed by atoms with Gasteiger partial charge in [0.25, 0.3) is 5.91 Å². The Hall–Kier alpha value is -1.88. The Morgan fingerprint density at radius 2 is 1.95 bits per heavy atom. The van der Waals surface area contributed by atoms with E-state index >= 15 is 0 Å². The van der Waals surface area contributed by atoms with Gasteiger partial charge in [-0.05, 0) is 37.1 Å². The van der Waals surface area contributed by atoms with Crippen molar-refractivity contribution in [1.29, 1.82) is 0 Å². The second-order valence-electron chi connectivity index (χ2n) is 5.13. The molecule has 2 rings (SSSR count). The topological polar surface area (TPSA) is 66.6 Å². The lowest BCUT2D eigenvalue weighted by Gasteiger charge is -2.20. The summed E-state index contributed by atoms with van der Waals surface area (Å²) < 4.78 is 0. The third kappa shape index (κ3) is 3.36. The van der Waals surface area contributed by atoms with Gasteiger partial charge in [-0.1, -0.05) is 12.1 Å². The van der Waals surface area contributed by atoms with Crippen LogP contribution >= 0.6 is 0 Å². The molecule has 5 nitrogen and oxygen atoms in total. The maximum Gasteiger partial charge on any atom is 0.254 e. The molecule has 20 heavy (non-hydrogen) atoms. The molecule has 1 heterocycles. The molecule has 2 N–H and O–H groups in total. The molecule has 0 saturated carbocycles. The van der Waals surface area contributed by atoms with Gasteiger partial charge >= 0.3 is 0 Å². The molecule has 0 aliphatic carbocycles. The molecule has 0 radical (unpaired) electrons. The fourth-order valence-corrected chi connectivity index (χ4v) is 2.32. The van der Waals surface area contributed by atoms with Crippen molar-refractivity contribution in [1.82, 2.24) is 9.80 Å². The van der Waals surface area contributed by atoms with E-state index in [-0.39, 0.29) is 18.4 Å². The minimum Gasteiger partial charge on any atom is -0.344 e. The highest BCUT2D eigenvalue weighted by molar-refractivity contribution is 5.96. The summed E-state index contributed by atoms with van der Waals surface area (Å²) in [4.78, 5) is 27.5. The third-order valence-corrected chi connectivity index (χ3v) is 3.59. The van der Waals surface area contributed by atoms with Gasteiger partial charge in [0.05, 0.1) is 0 Å². The lowest BCUT2D eigenvalue weighted by molar-refractivity contribution is -0.129. The van der Waals surface area contributed by atoms with Crippen molar-refractivity contribution >= 4 is 11.8 Å². The van der Waals surface area contributed by atoms with Crippen molar-refractivity contribution in [3.8, 4) is 0 Å². The van der Waals surface area contributed by atoms with Gasteiger partial charge in [0, 0.05) is 25.7 Å². The van der Waals surface area contributed by atoms with Crippen molar-refractivity contribution in [2.75, 3.05) is 33.2 Å². The molecule has 0 spiro atoms. The van der Waals surface area contributed by atoms with Crippen molar-refractivity contribution in [3.63, 3.8) is 0 Å². The van der Waals surface area contributed by atoms with E-state index in [1.807, 2.05) is 24.3 Å². The van der Waals surface area contributed by atoms with Gasteiger partial charge in [-0.3, -0.25) is 9.59 Å². The molecule has 1 aliphatic rings. The SMILES string of the molecule is CN1CCCN(C(=O)c2ccc(CCN)cc2)CC1=O. The number of hydrogen-bond acceptors (Lipinski definition) is 3. The zero-order valence-corrected chi connectivity index (χ0v) is 11.8. The van der Waals surface area contributed by atoms with Crippen LogP contribution in [0.5, 0.6) is 0 Å². The van der Waals surface area contributed by atoms with E-state index in [0.717, 1.165) is 18.4 Å². The van der Waals surface area contributed by atoms with Crippen LogP contribution in [-0.2, 0) is 11.2 Å². The van der Waals surface area contributed by atoms with Crippen molar-refractivity contribution in [3.05, 3.63) is 35.4 Å². The predicted molar refractivity (Wildman–Crippen MR) is 77.4 cm³/mol. The second-order valence-corrected chi connectivity index (χ2v) is 5.13. The van der Waals surface area contributed by atoms with E-state index in [9.17, 15) is 9.59 Å². The summed E-state index contributed by atoms with van der Waals surface area (Å²) in [6, 6.07) is 7.47. The van der Waals surface area contributed by atoms with Crippen LogP contribution in [0.4, 0.5) is 0 Å². The standard InChI is InChI=1S/C15H21N3O2/c1-17-9-2-10-18(11-14(17)19)15(20)13-5-3-12(4-6-13)7-8-16/h3-6H,2,7-11,16H2,1H3. The second kappa shape index (κ2) is 6.52. The van der Waals surface area contributed by atoms with Crippen molar-refractivity contribution < 1.29 is 9.59 Å². The maximum absolute atomic E-state index is 12.4. The van der Waals surface area contributed by atoms with Gasteiger partial charge in [-0.25, -0.2) is 0 Å². The molecule has 1 aromatic rings. The summed E-state index contributed by atoms with van der Waals surface area (Å²) in [5.41, 5.74) is 7.25. The minimum atomic E-state index is -0.0760. The quantitative estimate of drug-likeness (QED) is 0.873. The zero-order valence-electron chi connectivity index (χ0n) is 11.8. The normalized spacial score (nSPS) is 16.2. The number of carbonyl (C=O) groups excluding carboxylic acids is 2. The highest BCUT2D eigenvalue weighted by Gasteiger charge is 2.23. The van der Waals surface area contributed by atoms with Crippen LogP contribution in [0.2, 0.25) is 0 Å². The van der Waals surface area contributed by atoms with Crippen LogP contribution in [0, 0.1) is 0 Å². The van der Waals surface area contributed by atoms with Gasteiger partial charge in [-0.15, -0.1) is 0 Å². The van der Waals surface area contributed by atoms with Gasteiger partial charge in [0.15, 0.2) is 0 Å². The molecule has 5 heteroatoms. The number of hydrogen-bond donors (Lipinski definition) is 1. The summed E-state index contributed by atoms with van der Waals surface area (Å²) in [5, 5.41) is 0. The molecule has 0 bridgehead atoms. The number of likely N-dealkylation sites (N-methyl/N-ethyl adjacent to an activating group) is 1. The Labute approximate surface area is 119 Å². The van der Waals surface area contributed by atoms with Crippen molar-refractivity contribution in [2.45, 2.75) is 12.8 Å². The summed E-state index contributed by atoms with van der Waals surface area (Å²) in [5.74, 6) is -0.0800. The average Bonchev–Trinajstić information content (AvgIpc) is 2.62. The van der Waals surface area contributed by atoms with E-state index in [4.69, 9.17) is 5.73 Å².